The Morgan fingerprint density at radius 1 is 0.421 bits per heavy atom. The van der Waals surface area contributed by atoms with E-state index in [0.29, 0.717) is 0 Å². The number of fused-ring (bicyclic) bond motifs is 8. The molecule has 0 unspecified atom stereocenters. The van der Waals surface area contributed by atoms with Gasteiger partial charge in [0.1, 0.15) is 11.2 Å². The summed E-state index contributed by atoms with van der Waals surface area (Å²) in [5, 5.41) is 2.22. The highest BCUT2D eigenvalue weighted by molar-refractivity contribution is 6.12. The number of furan rings is 1. The molecular weight excluding hydrogens is 693 g/mol. The number of rotatable bonds is 5. The quantitative estimate of drug-likeness (QED) is 0.176. The number of anilines is 6. The molecule has 9 aromatic rings. The first kappa shape index (κ1) is 33.5. The van der Waals surface area contributed by atoms with E-state index in [-0.39, 0.29) is 10.8 Å². The van der Waals surface area contributed by atoms with Crippen LogP contribution in [0.1, 0.15) is 49.9 Å². The van der Waals surface area contributed by atoms with Crippen molar-refractivity contribution in [3.63, 3.8) is 0 Å². The Labute approximate surface area is 334 Å². The van der Waals surface area contributed by atoms with Gasteiger partial charge in [0.25, 0.3) is 0 Å². The smallest absolute Gasteiger partial charge is 0.143 e. The van der Waals surface area contributed by atoms with E-state index >= 15 is 0 Å². The lowest BCUT2D eigenvalue weighted by molar-refractivity contribution is 0.632. The zero-order valence-corrected chi connectivity index (χ0v) is 32.6. The third-order valence-corrected chi connectivity index (χ3v) is 12.6. The highest BCUT2D eigenvalue weighted by Gasteiger charge is 2.38. The highest BCUT2D eigenvalue weighted by atomic mass is 16.3. The van der Waals surface area contributed by atoms with E-state index in [4.69, 9.17) is 4.42 Å². The van der Waals surface area contributed by atoms with Crippen molar-refractivity contribution in [2.45, 2.75) is 38.5 Å². The van der Waals surface area contributed by atoms with Crippen LogP contribution in [0.3, 0.4) is 0 Å². The molecule has 2 heterocycles. The summed E-state index contributed by atoms with van der Waals surface area (Å²) in [6.07, 6.45) is 0. The summed E-state index contributed by atoms with van der Waals surface area (Å²) in [5.74, 6) is 0. The van der Waals surface area contributed by atoms with E-state index in [9.17, 15) is 0 Å². The van der Waals surface area contributed by atoms with Crippen molar-refractivity contribution < 1.29 is 4.42 Å². The minimum absolute atomic E-state index is 0.0469. The third-order valence-electron chi connectivity index (χ3n) is 12.6. The van der Waals surface area contributed by atoms with Crippen LogP contribution >= 0.6 is 0 Å². The molecule has 1 aliphatic heterocycles. The van der Waals surface area contributed by atoms with Crippen molar-refractivity contribution in [3.8, 4) is 22.3 Å². The maximum Gasteiger partial charge on any atom is 0.143 e. The summed E-state index contributed by atoms with van der Waals surface area (Å²) < 4.78 is 6.73. The molecule has 8 aromatic carbocycles. The Bertz CT molecular complexity index is 2980. The van der Waals surface area contributed by atoms with Gasteiger partial charge in [-0.15, -0.1) is 0 Å². The number of benzene rings is 8. The SMILES string of the molecule is CC1(C)c2ccccc2-c2cc(N(c3ccccc3)c3ccc(-c4cc(N5c6ccccc6C(C)(C)c6ccccc65)cc5c4oc4ccccc45)cc3)ccc21. The standard InChI is InChI=1S/C54H42N2O/c1-53(2)45-20-10-8-18-40(45)43-32-38(30-31-46(43)53)55(36-16-6-5-7-17-36)37-28-26-35(27-29-37)42-33-39(34-44-41-19-9-15-25-51(41)57-52(42)44)56-49-23-13-11-21-47(49)54(3,4)48-22-12-14-24-50(48)56/h5-34H,1-4H3. The lowest BCUT2D eigenvalue weighted by atomic mass is 9.73. The van der Waals surface area contributed by atoms with Crippen molar-refractivity contribution >= 4 is 56.1 Å². The van der Waals surface area contributed by atoms with Gasteiger partial charge in [-0.05, 0) is 106 Å². The maximum absolute atomic E-state index is 6.73. The summed E-state index contributed by atoms with van der Waals surface area (Å²) in [6, 6.07) is 66.3. The molecule has 0 atom stereocenters. The van der Waals surface area contributed by atoms with Crippen LogP contribution in [0.2, 0.25) is 0 Å². The molecule has 0 N–H and O–H groups in total. The van der Waals surface area contributed by atoms with Crippen molar-refractivity contribution in [1.82, 2.24) is 0 Å². The third kappa shape index (κ3) is 4.98. The van der Waals surface area contributed by atoms with E-state index in [1.165, 1.54) is 44.8 Å². The van der Waals surface area contributed by atoms with Gasteiger partial charge < -0.3 is 14.2 Å². The molecule has 57 heavy (non-hydrogen) atoms. The number of nitrogens with zero attached hydrogens (tertiary/aromatic N) is 2. The first-order valence-electron chi connectivity index (χ1n) is 19.9. The van der Waals surface area contributed by atoms with Crippen molar-refractivity contribution in [1.29, 1.82) is 0 Å². The molecule has 3 nitrogen and oxygen atoms in total. The van der Waals surface area contributed by atoms with Crippen LogP contribution in [0.25, 0.3) is 44.2 Å². The van der Waals surface area contributed by atoms with Crippen LogP contribution in [-0.4, -0.2) is 0 Å². The highest BCUT2D eigenvalue weighted by Crippen LogP contribution is 2.54. The van der Waals surface area contributed by atoms with Crippen LogP contribution in [0.4, 0.5) is 34.1 Å². The van der Waals surface area contributed by atoms with Crippen LogP contribution in [-0.2, 0) is 10.8 Å². The van der Waals surface area contributed by atoms with E-state index in [2.05, 4.69) is 219 Å². The lowest BCUT2D eigenvalue weighted by Crippen LogP contribution is -2.30. The molecule has 1 aliphatic carbocycles. The van der Waals surface area contributed by atoms with Gasteiger partial charge in [-0.2, -0.15) is 0 Å². The average molecular weight is 735 g/mol. The van der Waals surface area contributed by atoms with E-state index < -0.39 is 0 Å². The van der Waals surface area contributed by atoms with Crippen molar-refractivity contribution in [2.24, 2.45) is 0 Å². The largest absolute Gasteiger partial charge is 0.455 e. The van der Waals surface area contributed by atoms with Gasteiger partial charge in [-0.3, -0.25) is 0 Å². The molecule has 3 heteroatoms. The van der Waals surface area contributed by atoms with Crippen LogP contribution in [0.5, 0.6) is 0 Å². The fraction of sp³-hybridized carbons (Fsp3) is 0.111. The Hall–Kier alpha value is -6.84. The topological polar surface area (TPSA) is 19.6 Å². The molecule has 1 aromatic heterocycles. The van der Waals surface area contributed by atoms with Crippen LogP contribution in [0.15, 0.2) is 186 Å². The van der Waals surface area contributed by atoms with E-state index in [1.807, 2.05) is 0 Å². The fourth-order valence-electron chi connectivity index (χ4n) is 9.76. The lowest BCUT2D eigenvalue weighted by Gasteiger charge is -2.42. The predicted molar refractivity (Wildman–Crippen MR) is 238 cm³/mol. The molecule has 0 spiro atoms. The molecule has 0 fully saturated rings. The molecule has 0 radical (unpaired) electrons. The normalized spacial score (nSPS) is 14.6. The number of hydrogen-bond acceptors (Lipinski definition) is 3. The Balaban J connectivity index is 1.08. The first-order chi connectivity index (χ1) is 27.8. The van der Waals surface area contributed by atoms with Gasteiger partial charge in [-0.25, -0.2) is 0 Å². The van der Waals surface area contributed by atoms with Crippen LogP contribution in [0, 0.1) is 0 Å². The van der Waals surface area contributed by atoms with Crippen LogP contribution < -0.4 is 9.80 Å². The second-order valence-corrected chi connectivity index (χ2v) is 16.6. The van der Waals surface area contributed by atoms with Gasteiger partial charge in [0, 0.05) is 49.9 Å². The minimum atomic E-state index is -0.141. The minimum Gasteiger partial charge on any atom is -0.455 e. The maximum atomic E-state index is 6.73. The summed E-state index contributed by atoms with van der Waals surface area (Å²) in [6.45, 7) is 9.34. The first-order valence-corrected chi connectivity index (χ1v) is 19.9. The monoisotopic (exact) mass is 734 g/mol. The van der Waals surface area contributed by atoms with Crippen molar-refractivity contribution in [3.05, 3.63) is 204 Å². The second kappa shape index (κ2) is 12.3. The Morgan fingerprint density at radius 3 is 1.72 bits per heavy atom. The molecule has 0 saturated carbocycles. The van der Waals surface area contributed by atoms with Gasteiger partial charge in [0.15, 0.2) is 0 Å². The van der Waals surface area contributed by atoms with Gasteiger partial charge in [0.2, 0.25) is 0 Å². The molecule has 0 amide bonds. The van der Waals surface area contributed by atoms with E-state index in [0.717, 1.165) is 55.8 Å². The predicted octanol–water partition coefficient (Wildman–Crippen LogP) is 15.1. The van der Waals surface area contributed by atoms with Gasteiger partial charge >= 0.3 is 0 Å². The molecular formula is C54H42N2O. The summed E-state index contributed by atoms with van der Waals surface area (Å²) in [5.41, 5.74) is 18.6. The summed E-state index contributed by atoms with van der Waals surface area (Å²) in [4.78, 5) is 4.81. The second-order valence-electron chi connectivity index (χ2n) is 16.6. The molecule has 0 bridgehead atoms. The average Bonchev–Trinajstić information content (AvgIpc) is 3.73. The van der Waals surface area contributed by atoms with E-state index in [1.54, 1.807) is 0 Å². The molecule has 274 valence electrons. The van der Waals surface area contributed by atoms with Gasteiger partial charge in [0.05, 0.1) is 11.4 Å². The number of hydrogen-bond donors (Lipinski definition) is 0. The van der Waals surface area contributed by atoms with Gasteiger partial charge in [-0.1, -0.05) is 143 Å². The summed E-state index contributed by atoms with van der Waals surface area (Å²) >= 11 is 0. The molecule has 11 rings (SSSR count). The fourth-order valence-corrected chi connectivity index (χ4v) is 9.76. The van der Waals surface area contributed by atoms with Crippen molar-refractivity contribution in [2.75, 3.05) is 9.80 Å². The Morgan fingerprint density at radius 2 is 0.982 bits per heavy atom. The molecule has 2 aliphatic rings. The summed E-state index contributed by atoms with van der Waals surface area (Å²) in [7, 11) is 0. The molecule has 0 saturated heterocycles. The zero-order valence-electron chi connectivity index (χ0n) is 32.6. The number of para-hydroxylation sites is 4. The zero-order chi connectivity index (χ0) is 38.5. The Kier molecular flexibility index (Phi) is 7.25.